The highest BCUT2D eigenvalue weighted by atomic mass is 19.1. The van der Waals surface area contributed by atoms with Crippen molar-refractivity contribution in [2.75, 3.05) is 12.4 Å². The van der Waals surface area contributed by atoms with Gasteiger partial charge >= 0.3 is 0 Å². The quantitative estimate of drug-likeness (QED) is 0.559. The van der Waals surface area contributed by atoms with Crippen LogP contribution in [-0.2, 0) is 28.9 Å². The molecule has 2 aromatic rings. The molecule has 6 heteroatoms. The van der Waals surface area contributed by atoms with Crippen LogP contribution in [0.5, 0.6) is 0 Å². The number of aromatic nitrogens is 1. The average Bonchev–Trinajstić information content (AvgIpc) is 3.05. The highest BCUT2D eigenvalue weighted by molar-refractivity contribution is 6.34. The molecule has 3 N–H and O–H groups in total. The fourth-order valence-electron chi connectivity index (χ4n) is 4.17. The first-order valence-corrected chi connectivity index (χ1v) is 9.83. The zero-order chi connectivity index (χ0) is 19.7. The number of H-pyrrole nitrogens is 1. The molecule has 0 saturated heterocycles. The maximum Gasteiger partial charge on any atom is 0.256 e. The molecule has 5 nitrogen and oxygen atoms in total. The van der Waals surface area contributed by atoms with Gasteiger partial charge in [-0.1, -0.05) is 6.42 Å². The molecule has 0 fully saturated rings. The molecule has 2 aliphatic rings. The summed E-state index contributed by atoms with van der Waals surface area (Å²) in [6.07, 6.45) is 8.24. The summed E-state index contributed by atoms with van der Waals surface area (Å²) in [5.74, 6) is -0.612. The summed E-state index contributed by atoms with van der Waals surface area (Å²) in [7, 11) is 1.64. The molecule has 1 aromatic carbocycles. The van der Waals surface area contributed by atoms with Crippen molar-refractivity contribution in [2.24, 2.45) is 0 Å². The number of hydrogen-bond acceptors (Lipinski definition) is 2. The molecule has 1 aliphatic heterocycles. The van der Waals surface area contributed by atoms with Crippen molar-refractivity contribution in [2.45, 2.75) is 44.9 Å². The molecule has 0 bridgehead atoms. The van der Waals surface area contributed by atoms with Gasteiger partial charge < -0.3 is 15.6 Å². The van der Waals surface area contributed by atoms with Crippen LogP contribution < -0.4 is 10.6 Å². The van der Waals surface area contributed by atoms with Crippen molar-refractivity contribution in [1.29, 1.82) is 0 Å². The van der Waals surface area contributed by atoms with Gasteiger partial charge in [0, 0.05) is 36.1 Å². The number of nitrogens with one attached hydrogen (secondary N) is 3. The molecular weight excluding hydrogens is 357 g/mol. The van der Waals surface area contributed by atoms with Crippen LogP contribution in [0.3, 0.4) is 0 Å². The van der Waals surface area contributed by atoms with Crippen molar-refractivity contribution < 1.29 is 14.0 Å². The van der Waals surface area contributed by atoms with Gasteiger partial charge in [-0.15, -0.1) is 0 Å². The zero-order valence-corrected chi connectivity index (χ0v) is 16.0. The van der Waals surface area contributed by atoms with E-state index in [1.807, 2.05) is 6.08 Å². The minimum Gasteiger partial charge on any atom is -0.359 e. The number of anilines is 1. The molecule has 0 atom stereocenters. The Bertz CT molecular complexity index is 974. The Morgan fingerprint density at radius 3 is 2.89 bits per heavy atom. The molecule has 2 heterocycles. The second-order valence-electron chi connectivity index (χ2n) is 7.41. The van der Waals surface area contributed by atoms with Gasteiger partial charge in [0.25, 0.3) is 5.91 Å². The molecule has 0 radical (unpaired) electrons. The Labute approximate surface area is 163 Å². The summed E-state index contributed by atoms with van der Waals surface area (Å²) in [5.41, 5.74) is 6.10. The maximum absolute atomic E-state index is 13.7. The van der Waals surface area contributed by atoms with Crippen molar-refractivity contribution in [3.63, 3.8) is 0 Å². The van der Waals surface area contributed by atoms with Gasteiger partial charge in [0.1, 0.15) is 5.82 Å². The molecular formula is C22H24FN3O2. The van der Waals surface area contributed by atoms with Gasteiger partial charge in [-0.05, 0) is 67.5 Å². The monoisotopic (exact) mass is 381 g/mol. The van der Waals surface area contributed by atoms with Crippen LogP contribution in [0.4, 0.5) is 10.1 Å². The Morgan fingerprint density at radius 1 is 1.25 bits per heavy atom. The number of aromatic amines is 1. The van der Waals surface area contributed by atoms with E-state index in [-0.39, 0.29) is 17.6 Å². The lowest BCUT2D eigenvalue weighted by molar-refractivity contribution is -0.120. The van der Waals surface area contributed by atoms with Gasteiger partial charge in [-0.3, -0.25) is 9.59 Å². The number of carbonyl (C=O) groups is 2. The van der Waals surface area contributed by atoms with Crippen LogP contribution in [0.2, 0.25) is 0 Å². The molecule has 0 unspecified atom stereocenters. The maximum atomic E-state index is 13.7. The average molecular weight is 381 g/mol. The van der Waals surface area contributed by atoms with E-state index in [1.54, 1.807) is 13.1 Å². The fourth-order valence-corrected chi connectivity index (χ4v) is 4.17. The van der Waals surface area contributed by atoms with Gasteiger partial charge in [-0.2, -0.15) is 0 Å². The van der Waals surface area contributed by atoms with E-state index in [4.69, 9.17) is 0 Å². The summed E-state index contributed by atoms with van der Waals surface area (Å²) in [6, 6.07) is 4.31. The number of aryl methyl sites for hydroxylation is 1. The standard InChI is InChI=1S/C22H24FN3O2/c1-24-21(27)10-8-15-14-5-3-2-4-6-18(14)25-20(15)12-17-16-11-13(23)7-9-19(16)26-22(17)28/h7,9,11-12,25H,2-6,8,10H2,1H3,(H,24,27)(H,26,28). The first kappa shape index (κ1) is 18.5. The topological polar surface area (TPSA) is 74.0 Å². The van der Waals surface area contributed by atoms with E-state index in [2.05, 4.69) is 15.6 Å². The Morgan fingerprint density at radius 2 is 2.07 bits per heavy atom. The number of carbonyl (C=O) groups excluding carboxylic acids is 2. The lowest BCUT2D eigenvalue weighted by Gasteiger charge is -2.06. The predicted molar refractivity (Wildman–Crippen MR) is 107 cm³/mol. The summed E-state index contributed by atoms with van der Waals surface area (Å²) in [4.78, 5) is 27.8. The largest absolute Gasteiger partial charge is 0.359 e. The number of fused-ring (bicyclic) bond motifs is 2. The molecule has 0 spiro atoms. The van der Waals surface area contributed by atoms with E-state index in [9.17, 15) is 14.0 Å². The number of benzene rings is 1. The molecule has 28 heavy (non-hydrogen) atoms. The smallest absolute Gasteiger partial charge is 0.256 e. The summed E-state index contributed by atoms with van der Waals surface area (Å²) in [6.45, 7) is 0. The Kier molecular flexibility index (Phi) is 5.03. The number of halogens is 1. The summed E-state index contributed by atoms with van der Waals surface area (Å²) >= 11 is 0. The summed E-state index contributed by atoms with van der Waals surface area (Å²) in [5, 5.41) is 5.46. The van der Waals surface area contributed by atoms with E-state index < -0.39 is 0 Å². The second kappa shape index (κ2) is 7.62. The van der Waals surface area contributed by atoms with Crippen LogP contribution in [0.25, 0.3) is 11.6 Å². The number of hydrogen-bond donors (Lipinski definition) is 3. The molecule has 1 aliphatic carbocycles. The van der Waals surface area contributed by atoms with E-state index in [1.165, 1.54) is 29.8 Å². The van der Waals surface area contributed by atoms with Crippen molar-refractivity contribution >= 4 is 29.2 Å². The van der Waals surface area contributed by atoms with Gasteiger partial charge in [-0.25, -0.2) is 4.39 Å². The van der Waals surface area contributed by atoms with E-state index in [0.717, 1.165) is 36.9 Å². The minimum atomic E-state index is -0.372. The van der Waals surface area contributed by atoms with Crippen LogP contribution in [0.1, 0.15) is 53.8 Å². The highest BCUT2D eigenvalue weighted by Crippen LogP contribution is 2.35. The van der Waals surface area contributed by atoms with E-state index >= 15 is 0 Å². The summed E-state index contributed by atoms with van der Waals surface area (Å²) < 4.78 is 13.7. The third kappa shape index (κ3) is 3.46. The van der Waals surface area contributed by atoms with Gasteiger partial charge in [0.15, 0.2) is 0 Å². The van der Waals surface area contributed by atoms with Crippen LogP contribution in [-0.4, -0.2) is 23.8 Å². The number of rotatable bonds is 4. The normalized spacial score (nSPS) is 17.1. The molecule has 1 aromatic heterocycles. The highest BCUT2D eigenvalue weighted by Gasteiger charge is 2.26. The minimum absolute atomic E-state index is 0.00630. The van der Waals surface area contributed by atoms with E-state index in [0.29, 0.717) is 29.7 Å². The second-order valence-corrected chi connectivity index (χ2v) is 7.41. The predicted octanol–water partition coefficient (Wildman–Crippen LogP) is 3.59. The molecule has 2 amide bonds. The molecule has 0 saturated carbocycles. The first-order chi connectivity index (χ1) is 13.6. The van der Waals surface area contributed by atoms with Gasteiger partial charge in [0.2, 0.25) is 5.91 Å². The fraction of sp³-hybridized carbons (Fsp3) is 0.364. The zero-order valence-electron chi connectivity index (χ0n) is 16.0. The van der Waals surface area contributed by atoms with Crippen LogP contribution in [0.15, 0.2) is 18.2 Å². The van der Waals surface area contributed by atoms with Crippen molar-refractivity contribution in [3.8, 4) is 0 Å². The lowest BCUT2D eigenvalue weighted by Crippen LogP contribution is -2.18. The van der Waals surface area contributed by atoms with Crippen molar-refractivity contribution in [1.82, 2.24) is 10.3 Å². The Hall–Kier alpha value is -2.89. The lowest BCUT2D eigenvalue weighted by atomic mass is 9.98. The molecule has 146 valence electrons. The third-order valence-corrected chi connectivity index (χ3v) is 5.63. The SMILES string of the molecule is CNC(=O)CCc1c(C=C2C(=O)Nc3ccc(F)cc32)[nH]c2c1CCCCC2. The van der Waals surface area contributed by atoms with Gasteiger partial charge in [0.05, 0.1) is 5.57 Å². The third-order valence-electron chi connectivity index (χ3n) is 5.63. The van der Waals surface area contributed by atoms with Crippen LogP contribution >= 0.6 is 0 Å². The first-order valence-electron chi connectivity index (χ1n) is 9.83. The Balaban J connectivity index is 1.77. The van der Waals surface area contributed by atoms with Crippen molar-refractivity contribution in [3.05, 3.63) is 52.1 Å². The molecule has 4 rings (SSSR count). The number of amides is 2. The van der Waals surface area contributed by atoms with Crippen LogP contribution in [0, 0.1) is 5.82 Å².